The summed E-state index contributed by atoms with van der Waals surface area (Å²) in [6, 6.07) is 0.580. The van der Waals surface area contributed by atoms with Gasteiger partial charge in [-0.25, -0.2) is 14.5 Å². The molecule has 1 aromatic heterocycles. The Labute approximate surface area is 143 Å². The molecule has 1 saturated carbocycles. The fourth-order valence-electron chi connectivity index (χ4n) is 3.68. The van der Waals surface area contributed by atoms with Gasteiger partial charge in [0.05, 0.1) is 6.04 Å². The smallest absolute Gasteiger partial charge is 0.407 e. The maximum atomic E-state index is 12.1. The zero-order valence-corrected chi connectivity index (χ0v) is 15.1. The topological polar surface area (TPSA) is 81.1 Å². The van der Waals surface area contributed by atoms with Crippen LogP contribution in [0.5, 0.6) is 0 Å². The molecule has 7 nitrogen and oxygen atoms in total. The lowest BCUT2D eigenvalue weighted by atomic mass is 10.0. The Morgan fingerprint density at radius 3 is 2.71 bits per heavy atom. The summed E-state index contributed by atoms with van der Waals surface area (Å²) < 4.78 is 7.41. The highest BCUT2D eigenvalue weighted by atomic mass is 16.6. The maximum absolute atomic E-state index is 12.1. The molecular formula is C17H29N5O2. The van der Waals surface area contributed by atoms with Gasteiger partial charge in [-0.1, -0.05) is 0 Å². The first kappa shape index (κ1) is 17.2. The minimum atomic E-state index is -0.469. The van der Waals surface area contributed by atoms with Crippen LogP contribution >= 0.6 is 0 Å². The van der Waals surface area contributed by atoms with E-state index in [9.17, 15) is 4.79 Å². The third kappa shape index (κ3) is 4.06. The first-order valence-electron chi connectivity index (χ1n) is 8.99. The molecule has 2 N–H and O–H groups in total. The molecule has 0 unspecified atom stereocenters. The lowest BCUT2D eigenvalue weighted by Gasteiger charge is -2.30. The average Bonchev–Trinajstić information content (AvgIpc) is 3.03. The second-order valence-corrected chi connectivity index (χ2v) is 7.89. The number of amides is 1. The molecule has 0 spiro atoms. The summed E-state index contributed by atoms with van der Waals surface area (Å²) in [5.41, 5.74) is -0.469. The number of alkyl carbamates (subject to hydrolysis) is 1. The van der Waals surface area contributed by atoms with Crippen LogP contribution < -0.4 is 10.6 Å². The van der Waals surface area contributed by atoms with Gasteiger partial charge in [0.1, 0.15) is 17.2 Å². The van der Waals surface area contributed by atoms with Gasteiger partial charge < -0.3 is 15.4 Å². The van der Waals surface area contributed by atoms with E-state index in [0.717, 1.165) is 50.3 Å². The van der Waals surface area contributed by atoms with Crippen LogP contribution in [-0.4, -0.2) is 38.5 Å². The van der Waals surface area contributed by atoms with Crippen molar-refractivity contribution in [1.82, 2.24) is 25.4 Å². The molecule has 2 aliphatic rings. The number of hydrogen-bond acceptors (Lipinski definition) is 5. The molecule has 2 heterocycles. The highest BCUT2D eigenvalue weighted by molar-refractivity contribution is 5.68. The molecule has 1 aliphatic carbocycles. The lowest BCUT2D eigenvalue weighted by Crippen LogP contribution is -2.49. The first-order valence-corrected chi connectivity index (χ1v) is 8.99. The van der Waals surface area contributed by atoms with Gasteiger partial charge in [-0.3, -0.25) is 0 Å². The first-order chi connectivity index (χ1) is 11.3. The van der Waals surface area contributed by atoms with Crippen LogP contribution in [-0.2, 0) is 11.3 Å². The summed E-state index contributed by atoms with van der Waals surface area (Å²) in [4.78, 5) is 16.7. The minimum absolute atomic E-state index is 0.110. The Morgan fingerprint density at radius 2 is 1.96 bits per heavy atom. The Kier molecular flexibility index (Phi) is 4.80. The van der Waals surface area contributed by atoms with E-state index in [4.69, 9.17) is 4.74 Å². The van der Waals surface area contributed by atoms with Gasteiger partial charge in [-0.05, 0) is 59.8 Å². The zero-order chi connectivity index (χ0) is 17.3. The van der Waals surface area contributed by atoms with Crippen molar-refractivity contribution in [3.05, 3.63) is 11.6 Å². The van der Waals surface area contributed by atoms with Crippen LogP contribution in [0, 0.1) is 6.92 Å². The van der Waals surface area contributed by atoms with E-state index in [-0.39, 0.29) is 24.2 Å². The van der Waals surface area contributed by atoms with Crippen LogP contribution in [0.3, 0.4) is 0 Å². The van der Waals surface area contributed by atoms with Crippen LogP contribution in [0.4, 0.5) is 4.79 Å². The van der Waals surface area contributed by atoms with E-state index in [1.807, 2.05) is 32.4 Å². The molecule has 0 aromatic carbocycles. The minimum Gasteiger partial charge on any atom is -0.444 e. The maximum Gasteiger partial charge on any atom is 0.407 e. The number of aromatic nitrogens is 3. The molecule has 1 fully saturated rings. The third-order valence-electron chi connectivity index (χ3n) is 4.61. The summed E-state index contributed by atoms with van der Waals surface area (Å²) in [6.45, 7) is 8.53. The molecule has 3 atom stereocenters. The second kappa shape index (κ2) is 6.70. The van der Waals surface area contributed by atoms with Gasteiger partial charge in [0.2, 0.25) is 0 Å². The van der Waals surface area contributed by atoms with E-state index >= 15 is 0 Å². The van der Waals surface area contributed by atoms with Crippen molar-refractivity contribution >= 4 is 6.09 Å². The van der Waals surface area contributed by atoms with Crippen molar-refractivity contribution in [2.75, 3.05) is 0 Å². The van der Waals surface area contributed by atoms with Crippen molar-refractivity contribution in [2.24, 2.45) is 0 Å². The number of ether oxygens (including phenoxy) is 1. The summed E-state index contributed by atoms with van der Waals surface area (Å²) in [5, 5.41) is 11.2. The van der Waals surface area contributed by atoms with Crippen LogP contribution in [0.15, 0.2) is 0 Å². The molecule has 1 amide bonds. The number of nitrogens with one attached hydrogen (secondary N) is 2. The van der Waals surface area contributed by atoms with Crippen LogP contribution in [0.25, 0.3) is 0 Å². The molecule has 1 aromatic rings. The highest BCUT2D eigenvalue weighted by Crippen LogP contribution is 2.28. The van der Waals surface area contributed by atoms with E-state index in [2.05, 4.69) is 20.7 Å². The van der Waals surface area contributed by atoms with Crippen molar-refractivity contribution in [1.29, 1.82) is 0 Å². The van der Waals surface area contributed by atoms with Crippen molar-refractivity contribution in [3.63, 3.8) is 0 Å². The number of carbonyl (C=O) groups excluding carboxylic acids is 1. The van der Waals surface area contributed by atoms with Gasteiger partial charge in [-0.2, -0.15) is 5.10 Å². The van der Waals surface area contributed by atoms with Gasteiger partial charge in [0.15, 0.2) is 0 Å². The molecule has 0 radical (unpaired) electrons. The predicted octanol–water partition coefficient (Wildman–Crippen LogP) is 2.46. The van der Waals surface area contributed by atoms with E-state index in [1.165, 1.54) is 0 Å². The fraction of sp³-hybridized carbons (Fsp3) is 0.824. The highest BCUT2D eigenvalue weighted by Gasteiger charge is 2.34. The molecular weight excluding hydrogens is 306 g/mol. The normalized spacial score (nSPS) is 26.9. The second-order valence-electron chi connectivity index (χ2n) is 7.89. The standard InChI is InChI=1S/C17H29N5O2/c1-11-18-15-14(9-6-10-22(15)21-11)19-12-7-5-8-13(12)20-16(23)24-17(2,3)4/h12-14,19H,5-10H2,1-4H3,(H,20,23)/t12-,13+,14+/m1/s1. The molecule has 0 saturated heterocycles. The third-order valence-corrected chi connectivity index (χ3v) is 4.61. The molecule has 3 rings (SSSR count). The Bertz CT molecular complexity index is 592. The summed E-state index contributed by atoms with van der Waals surface area (Å²) in [6.07, 6.45) is 4.98. The lowest BCUT2D eigenvalue weighted by molar-refractivity contribution is 0.0496. The van der Waals surface area contributed by atoms with Crippen LogP contribution in [0.2, 0.25) is 0 Å². The van der Waals surface area contributed by atoms with Crippen molar-refractivity contribution in [3.8, 4) is 0 Å². The summed E-state index contributed by atoms with van der Waals surface area (Å²) in [5.74, 6) is 1.86. The van der Waals surface area contributed by atoms with Gasteiger partial charge >= 0.3 is 6.09 Å². The molecule has 24 heavy (non-hydrogen) atoms. The van der Waals surface area contributed by atoms with E-state index in [0.29, 0.717) is 0 Å². The SMILES string of the molecule is Cc1nc2n(n1)CCC[C@@H]2N[C@@H]1CCC[C@@H]1NC(=O)OC(C)(C)C. The van der Waals surface area contributed by atoms with Gasteiger partial charge in [0.25, 0.3) is 0 Å². The molecule has 0 bridgehead atoms. The number of hydrogen-bond donors (Lipinski definition) is 2. The number of carbonyl (C=O) groups is 1. The predicted molar refractivity (Wildman–Crippen MR) is 90.7 cm³/mol. The largest absolute Gasteiger partial charge is 0.444 e. The Hall–Kier alpha value is -1.63. The number of rotatable bonds is 3. The molecule has 7 heteroatoms. The zero-order valence-electron chi connectivity index (χ0n) is 15.1. The molecule has 1 aliphatic heterocycles. The summed E-state index contributed by atoms with van der Waals surface area (Å²) in [7, 11) is 0. The number of aryl methyl sites for hydroxylation is 2. The van der Waals surface area contributed by atoms with Crippen LogP contribution in [0.1, 0.15) is 70.6 Å². The van der Waals surface area contributed by atoms with Crippen molar-refractivity contribution in [2.45, 2.75) is 90.1 Å². The Balaban J connectivity index is 1.61. The quantitative estimate of drug-likeness (QED) is 0.887. The molecule has 134 valence electrons. The van der Waals surface area contributed by atoms with E-state index in [1.54, 1.807) is 0 Å². The average molecular weight is 335 g/mol. The Morgan fingerprint density at radius 1 is 1.21 bits per heavy atom. The number of fused-ring (bicyclic) bond motifs is 1. The number of nitrogens with zero attached hydrogens (tertiary/aromatic N) is 3. The monoisotopic (exact) mass is 335 g/mol. The summed E-state index contributed by atoms with van der Waals surface area (Å²) >= 11 is 0. The van der Waals surface area contributed by atoms with Crippen molar-refractivity contribution < 1.29 is 9.53 Å². The fourth-order valence-corrected chi connectivity index (χ4v) is 3.68. The van der Waals surface area contributed by atoms with Gasteiger partial charge in [-0.15, -0.1) is 0 Å². The van der Waals surface area contributed by atoms with E-state index < -0.39 is 5.60 Å². The van der Waals surface area contributed by atoms with Gasteiger partial charge in [0, 0.05) is 18.6 Å².